The third kappa shape index (κ3) is 3.12. The quantitative estimate of drug-likeness (QED) is 0.914. The maximum absolute atomic E-state index is 12.5. The van der Waals surface area contributed by atoms with Crippen LogP contribution in [0, 0.1) is 12.8 Å². The Morgan fingerprint density at radius 2 is 2.09 bits per heavy atom. The van der Waals surface area contributed by atoms with E-state index in [4.69, 9.17) is 5.11 Å². The minimum absolute atomic E-state index is 0.0134. The van der Waals surface area contributed by atoms with Crippen LogP contribution in [0.2, 0.25) is 0 Å². The third-order valence-corrected chi connectivity index (χ3v) is 4.59. The largest absolute Gasteiger partial charge is 0.396 e. The van der Waals surface area contributed by atoms with Gasteiger partial charge in [-0.05, 0) is 37.3 Å². The Hall–Kier alpha value is -2.21. The molecule has 6 nitrogen and oxygen atoms in total. The second-order valence-corrected chi connectivity index (χ2v) is 6.16. The van der Waals surface area contributed by atoms with Crippen LogP contribution in [0.1, 0.15) is 18.4 Å². The zero-order valence-electron chi connectivity index (χ0n) is 13.2. The first-order chi connectivity index (χ1) is 11.1. The molecular formula is C17H21N3O3. The maximum atomic E-state index is 12.5. The molecule has 1 aromatic heterocycles. The van der Waals surface area contributed by atoms with E-state index in [1.807, 2.05) is 19.1 Å². The average molecular weight is 315 g/mol. The second-order valence-electron chi connectivity index (χ2n) is 6.16. The van der Waals surface area contributed by atoms with Gasteiger partial charge in [0.05, 0.1) is 17.2 Å². The Balaban J connectivity index is 1.78. The predicted molar refractivity (Wildman–Crippen MR) is 87.1 cm³/mol. The van der Waals surface area contributed by atoms with Crippen LogP contribution in [0.25, 0.3) is 10.9 Å². The molecule has 1 aliphatic rings. The number of likely N-dealkylation sites (tertiary alicyclic amines) is 1. The number of aliphatic hydroxyl groups excluding tert-OH is 1. The molecule has 0 radical (unpaired) electrons. The first-order valence-electron chi connectivity index (χ1n) is 7.93. The molecule has 0 unspecified atom stereocenters. The van der Waals surface area contributed by atoms with Crippen LogP contribution >= 0.6 is 0 Å². The number of piperidine rings is 1. The SMILES string of the molecule is Cc1cccc2c(=O)n(CC(=O)N3CCC(CO)CC3)cnc12. The number of carbonyl (C=O) groups excluding carboxylic acids is 1. The fourth-order valence-electron chi connectivity index (χ4n) is 3.06. The molecule has 1 N–H and O–H groups in total. The highest BCUT2D eigenvalue weighted by Crippen LogP contribution is 2.17. The number of rotatable bonds is 3. The van der Waals surface area contributed by atoms with Gasteiger partial charge in [0.1, 0.15) is 6.54 Å². The lowest BCUT2D eigenvalue weighted by molar-refractivity contribution is -0.133. The Morgan fingerprint density at radius 3 is 2.78 bits per heavy atom. The summed E-state index contributed by atoms with van der Waals surface area (Å²) < 4.78 is 1.38. The van der Waals surface area contributed by atoms with E-state index in [9.17, 15) is 9.59 Å². The summed E-state index contributed by atoms with van der Waals surface area (Å²) in [6.45, 7) is 3.38. The van der Waals surface area contributed by atoms with Crippen molar-refractivity contribution in [1.29, 1.82) is 0 Å². The molecule has 122 valence electrons. The van der Waals surface area contributed by atoms with Crippen LogP contribution in [0.5, 0.6) is 0 Å². The molecule has 1 aromatic carbocycles. The number of aromatic nitrogens is 2. The van der Waals surface area contributed by atoms with E-state index in [1.54, 1.807) is 11.0 Å². The van der Waals surface area contributed by atoms with Crippen LogP contribution in [0.3, 0.4) is 0 Å². The van der Waals surface area contributed by atoms with Crippen molar-refractivity contribution in [3.05, 3.63) is 40.4 Å². The van der Waals surface area contributed by atoms with Gasteiger partial charge in [-0.2, -0.15) is 0 Å². The van der Waals surface area contributed by atoms with E-state index in [1.165, 1.54) is 10.9 Å². The molecule has 0 aliphatic carbocycles. The fraction of sp³-hybridized carbons (Fsp3) is 0.471. The number of benzene rings is 1. The lowest BCUT2D eigenvalue weighted by Gasteiger charge is -2.31. The van der Waals surface area contributed by atoms with E-state index in [0.29, 0.717) is 24.0 Å². The van der Waals surface area contributed by atoms with Gasteiger partial charge in [0.2, 0.25) is 5.91 Å². The second kappa shape index (κ2) is 6.50. The zero-order chi connectivity index (χ0) is 16.4. The molecule has 0 saturated carbocycles. The minimum Gasteiger partial charge on any atom is -0.396 e. The predicted octanol–water partition coefficient (Wildman–Crippen LogP) is 0.936. The van der Waals surface area contributed by atoms with E-state index in [0.717, 1.165) is 18.4 Å². The number of fused-ring (bicyclic) bond motifs is 1. The van der Waals surface area contributed by atoms with Gasteiger partial charge < -0.3 is 10.0 Å². The van der Waals surface area contributed by atoms with Crippen molar-refractivity contribution in [3.63, 3.8) is 0 Å². The third-order valence-electron chi connectivity index (χ3n) is 4.59. The molecule has 1 amide bonds. The van der Waals surface area contributed by atoms with Gasteiger partial charge in [-0.1, -0.05) is 12.1 Å². The number of aliphatic hydroxyl groups is 1. The zero-order valence-corrected chi connectivity index (χ0v) is 13.2. The highest BCUT2D eigenvalue weighted by atomic mass is 16.3. The van der Waals surface area contributed by atoms with Crippen molar-refractivity contribution in [3.8, 4) is 0 Å². The summed E-state index contributed by atoms with van der Waals surface area (Å²) in [5.41, 5.74) is 1.45. The molecule has 2 aromatic rings. The average Bonchev–Trinajstić information content (AvgIpc) is 2.58. The van der Waals surface area contributed by atoms with Gasteiger partial charge in [-0.3, -0.25) is 14.2 Å². The standard InChI is InChI=1S/C17H21N3O3/c1-12-3-2-4-14-16(12)18-11-20(17(14)23)9-15(22)19-7-5-13(10-21)6-8-19/h2-4,11,13,21H,5-10H2,1H3. The molecule has 23 heavy (non-hydrogen) atoms. The summed E-state index contributed by atoms with van der Waals surface area (Å²) in [7, 11) is 0. The van der Waals surface area contributed by atoms with Crippen LogP contribution in [0.15, 0.2) is 29.3 Å². The number of nitrogens with zero attached hydrogens (tertiary/aromatic N) is 3. The van der Waals surface area contributed by atoms with Crippen molar-refractivity contribution in [2.75, 3.05) is 19.7 Å². The number of hydrogen-bond acceptors (Lipinski definition) is 4. The van der Waals surface area contributed by atoms with Crippen molar-refractivity contribution < 1.29 is 9.90 Å². The van der Waals surface area contributed by atoms with Crippen molar-refractivity contribution in [2.45, 2.75) is 26.3 Å². The van der Waals surface area contributed by atoms with Gasteiger partial charge in [0.15, 0.2) is 0 Å². The molecular weight excluding hydrogens is 294 g/mol. The van der Waals surface area contributed by atoms with E-state index < -0.39 is 0 Å². The van der Waals surface area contributed by atoms with Gasteiger partial charge in [-0.25, -0.2) is 4.98 Å². The molecule has 0 spiro atoms. The van der Waals surface area contributed by atoms with Crippen LogP contribution in [-0.4, -0.2) is 45.2 Å². The highest BCUT2D eigenvalue weighted by Gasteiger charge is 2.22. The lowest BCUT2D eigenvalue weighted by Crippen LogP contribution is -2.42. The van der Waals surface area contributed by atoms with Crippen molar-refractivity contribution in [1.82, 2.24) is 14.5 Å². The van der Waals surface area contributed by atoms with Gasteiger partial charge in [-0.15, -0.1) is 0 Å². The molecule has 1 saturated heterocycles. The normalized spacial score (nSPS) is 16.0. The molecule has 2 heterocycles. The number of hydrogen-bond donors (Lipinski definition) is 1. The molecule has 1 aliphatic heterocycles. The summed E-state index contributed by atoms with van der Waals surface area (Å²) in [6, 6.07) is 5.48. The summed E-state index contributed by atoms with van der Waals surface area (Å²) in [6.07, 6.45) is 3.08. The van der Waals surface area contributed by atoms with Crippen molar-refractivity contribution in [2.24, 2.45) is 5.92 Å². The molecule has 3 rings (SSSR count). The molecule has 0 atom stereocenters. The number of amides is 1. The van der Waals surface area contributed by atoms with E-state index >= 15 is 0 Å². The van der Waals surface area contributed by atoms with E-state index in [-0.39, 0.29) is 30.5 Å². The van der Waals surface area contributed by atoms with Crippen LogP contribution < -0.4 is 5.56 Å². The number of para-hydroxylation sites is 1. The monoisotopic (exact) mass is 315 g/mol. The van der Waals surface area contributed by atoms with Gasteiger partial charge in [0, 0.05) is 19.7 Å². The summed E-state index contributed by atoms with van der Waals surface area (Å²) in [5.74, 6) is 0.212. The number of carbonyl (C=O) groups is 1. The number of aryl methyl sites for hydroxylation is 1. The van der Waals surface area contributed by atoms with Crippen LogP contribution in [0.4, 0.5) is 0 Å². The topological polar surface area (TPSA) is 75.4 Å². The van der Waals surface area contributed by atoms with Crippen LogP contribution in [-0.2, 0) is 11.3 Å². The highest BCUT2D eigenvalue weighted by molar-refractivity contribution is 5.81. The molecule has 1 fully saturated rings. The minimum atomic E-state index is -0.183. The fourth-order valence-corrected chi connectivity index (χ4v) is 3.06. The van der Waals surface area contributed by atoms with Crippen molar-refractivity contribution >= 4 is 16.8 Å². The molecule has 6 heteroatoms. The van der Waals surface area contributed by atoms with Gasteiger partial charge >= 0.3 is 0 Å². The van der Waals surface area contributed by atoms with E-state index in [2.05, 4.69) is 4.98 Å². The maximum Gasteiger partial charge on any atom is 0.261 e. The lowest BCUT2D eigenvalue weighted by atomic mass is 9.98. The summed E-state index contributed by atoms with van der Waals surface area (Å²) >= 11 is 0. The van der Waals surface area contributed by atoms with Gasteiger partial charge in [0.25, 0.3) is 5.56 Å². The summed E-state index contributed by atoms with van der Waals surface area (Å²) in [4.78, 5) is 31.0. The first kappa shape index (κ1) is 15.7. The Labute approximate surface area is 134 Å². The molecule has 0 bridgehead atoms. The Morgan fingerprint density at radius 1 is 1.35 bits per heavy atom. The Kier molecular flexibility index (Phi) is 4.43. The summed E-state index contributed by atoms with van der Waals surface area (Å²) in [5, 5.41) is 9.69. The Bertz CT molecular complexity index is 776. The first-order valence-corrected chi connectivity index (χ1v) is 7.93. The smallest absolute Gasteiger partial charge is 0.261 e.